The van der Waals surface area contributed by atoms with Crippen molar-refractivity contribution in [3.8, 4) is 5.75 Å². The fraction of sp³-hybridized carbons (Fsp3) is 0.200. The molecule has 0 spiro atoms. The molecule has 0 saturated heterocycles. The summed E-state index contributed by atoms with van der Waals surface area (Å²) in [4.78, 5) is -0.340. The molecule has 0 saturated carbocycles. The number of ether oxygens (including phenoxy) is 1. The predicted octanol–water partition coefficient (Wildman–Crippen LogP) is 6.04. The summed E-state index contributed by atoms with van der Waals surface area (Å²) < 4.78 is 20.4. The molecule has 0 aliphatic rings. The molecule has 0 radical (unpaired) electrons. The monoisotopic (exact) mass is 420 g/mol. The molecule has 0 aliphatic carbocycles. The van der Waals surface area contributed by atoms with Gasteiger partial charge >= 0.3 is 0 Å². The van der Waals surface area contributed by atoms with Gasteiger partial charge in [0.1, 0.15) is 11.6 Å². The van der Waals surface area contributed by atoms with Crippen molar-refractivity contribution < 1.29 is 9.13 Å². The molecule has 2 rings (SSSR count). The minimum absolute atomic E-state index is 0.229. The van der Waals surface area contributed by atoms with Gasteiger partial charge in [0.2, 0.25) is 0 Å². The molecule has 0 bridgehead atoms. The highest BCUT2D eigenvalue weighted by molar-refractivity contribution is 9.10. The van der Waals surface area contributed by atoms with E-state index >= 15 is 0 Å². The van der Waals surface area contributed by atoms with E-state index in [1.54, 1.807) is 38.3 Å². The van der Waals surface area contributed by atoms with Crippen molar-refractivity contribution in [2.45, 2.75) is 11.8 Å². The minimum atomic E-state index is -0.340. The lowest BCUT2D eigenvalue weighted by molar-refractivity contribution is 0.407. The van der Waals surface area contributed by atoms with E-state index in [9.17, 15) is 4.39 Å². The number of hydrogen-bond acceptors (Lipinski definition) is 1. The molecule has 0 fully saturated rings. The van der Waals surface area contributed by atoms with Crippen LogP contribution in [0.5, 0.6) is 5.75 Å². The zero-order valence-electron chi connectivity index (χ0n) is 10.9. The summed E-state index contributed by atoms with van der Waals surface area (Å²) in [6, 6.07) is 8.83. The summed E-state index contributed by atoms with van der Waals surface area (Å²) in [7, 11) is 1.57. The third-order valence-corrected chi connectivity index (χ3v) is 4.80. The fourth-order valence-electron chi connectivity index (χ4n) is 2.02. The van der Waals surface area contributed by atoms with Crippen molar-refractivity contribution in [3.05, 3.63) is 62.3 Å². The van der Waals surface area contributed by atoms with E-state index in [2.05, 4.69) is 31.9 Å². The zero-order chi connectivity index (χ0) is 14.9. The maximum absolute atomic E-state index is 14.3. The number of benzene rings is 2. The second kappa shape index (κ2) is 6.46. The summed E-state index contributed by atoms with van der Waals surface area (Å²) >= 11 is 13.0. The first-order chi connectivity index (χ1) is 9.45. The number of alkyl halides is 1. The van der Waals surface area contributed by atoms with Crippen LogP contribution in [0.15, 0.2) is 34.8 Å². The quantitative estimate of drug-likeness (QED) is 0.548. The highest BCUT2D eigenvalue weighted by Crippen LogP contribution is 2.43. The third kappa shape index (κ3) is 3.02. The van der Waals surface area contributed by atoms with E-state index in [1.807, 2.05) is 6.07 Å². The van der Waals surface area contributed by atoms with E-state index in [1.165, 1.54) is 0 Å². The molecule has 5 heteroatoms. The van der Waals surface area contributed by atoms with Crippen LogP contribution in [0.3, 0.4) is 0 Å². The smallest absolute Gasteiger partial charge is 0.137 e. The average Bonchev–Trinajstić information content (AvgIpc) is 2.40. The Kier molecular flexibility index (Phi) is 5.10. The number of aryl methyl sites for hydroxylation is 1. The van der Waals surface area contributed by atoms with Crippen LogP contribution in [-0.2, 0) is 0 Å². The largest absolute Gasteiger partial charge is 0.495 e. The molecule has 0 heterocycles. The summed E-state index contributed by atoms with van der Waals surface area (Å²) in [6.45, 7) is 1.74. The molecule has 0 aromatic heterocycles. The second-order valence-corrected chi connectivity index (χ2v) is 6.56. The minimum Gasteiger partial charge on any atom is -0.495 e. The first-order valence-electron chi connectivity index (χ1n) is 5.87. The average molecular weight is 423 g/mol. The molecule has 2 aromatic carbocycles. The van der Waals surface area contributed by atoms with Gasteiger partial charge in [0.15, 0.2) is 0 Å². The molecule has 0 aliphatic heterocycles. The van der Waals surface area contributed by atoms with Crippen molar-refractivity contribution in [1.29, 1.82) is 0 Å². The molecule has 1 atom stereocenters. The Bertz CT molecular complexity index is 646. The maximum Gasteiger partial charge on any atom is 0.137 e. The molecule has 20 heavy (non-hydrogen) atoms. The molecular weight excluding hydrogens is 410 g/mol. The van der Waals surface area contributed by atoms with E-state index in [-0.39, 0.29) is 10.6 Å². The molecular formula is C15H12Br2ClFO. The Morgan fingerprint density at radius 2 is 1.95 bits per heavy atom. The lowest BCUT2D eigenvalue weighted by Gasteiger charge is -2.17. The van der Waals surface area contributed by atoms with Crippen LogP contribution in [0.25, 0.3) is 0 Å². The third-order valence-electron chi connectivity index (χ3n) is 3.01. The highest BCUT2D eigenvalue weighted by Gasteiger charge is 2.21. The lowest BCUT2D eigenvalue weighted by Crippen LogP contribution is -2.01. The van der Waals surface area contributed by atoms with Gasteiger partial charge in [-0.1, -0.05) is 45.7 Å². The lowest BCUT2D eigenvalue weighted by atomic mass is 10.0. The van der Waals surface area contributed by atoms with E-state index in [4.69, 9.17) is 16.3 Å². The Labute approximate surface area is 139 Å². The summed E-state index contributed by atoms with van der Waals surface area (Å²) in [5.41, 5.74) is 1.93. The Morgan fingerprint density at radius 1 is 1.25 bits per heavy atom. The van der Waals surface area contributed by atoms with Crippen molar-refractivity contribution in [2.75, 3.05) is 7.11 Å². The number of methoxy groups -OCH3 is 1. The molecule has 106 valence electrons. The maximum atomic E-state index is 14.3. The normalized spacial score (nSPS) is 12.3. The van der Waals surface area contributed by atoms with E-state index in [0.29, 0.717) is 21.9 Å². The van der Waals surface area contributed by atoms with Crippen molar-refractivity contribution in [2.24, 2.45) is 0 Å². The van der Waals surface area contributed by atoms with E-state index in [0.717, 1.165) is 10.0 Å². The van der Waals surface area contributed by atoms with Gasteiger partial charge in [0.25, 0.3) is 0 Å². The molecule has 1 unspecified atom stereocenters. The predicted molar refractivity (Wildman–Crippen MR) is 87.6 cm³/mol. The molecule has 2 aromatic rings. The first-order valence-corrected chi connectivity index (χ1v) is 7.96. The molecule has 0 amide bonds. The number of halogens is 4. The Balaban J connectivity index is 2.58. The topological polar surface area (TPSA) is 9.23 Å². The van der Waals surface area contributed by atoms with Crippen LogP contribution < -0.4 is 4.74 Å². The van der Waals surface area contributed by atoms with Crippen molar-refractivity contribution >= 4 is 43.5 Å². The molecule has 0 N–H and O–H groups in total. The highest BCUT2D eigenvalue weighted by atomic mass is 79.9. The zero-order valence-corrected chi connectivity index (χ0v) is 14.8. The van der Waals surface area contributed by atoms with Crippen LogP contribution >= 0.6 is 43.5 Å². The van der Waals surface area contributed by atoms with E-state index < -0.39 is 0 Å². The Morgan fingerprint density at radius 3 is 2.60 bits per heavy atom. The van der Waals surface area contributed by atoms with Gasteiger partial charge in [0, 0.05) is 16.1 Å². The van der Waals surface area contributed by atoms with Gasteiger partial charge in [-0.2, -0.15) is 0 Å². The van der Waals surface area contributed by atoms with Gasteiger partial charge in [-0.05, 0) is 40.5 Å². The van der Waals surface area contributed by atoms with Gasteiger partial charge in [-0.25, -0.2) is 4.39 Å². The summed E-state index contributed by atoms with van der Waals surface area (Å²) in [5.74, 6) is 0.407. The Hall–Kier alpha value is -0.580. The van der Waals surface area contributed by atoms with Crippen molar-refractivity contribution in [1.82, 2.24) is 0 Å². The second-order valence-electron chi connectivity index (χ2n) is 4.35. The van der Waals surface area contributed by atoms with Gasteiger partial charge < -0.3 is 4.74 Å². The van der Waals surface area contributed by atoms with Crippen LogP contribution in [0.2, 0.25) is 5.02 Å². The van der Waals surface area contributed by atoms with Crippen molar-refractivity contribution in [3.63, 3.8) is 0 Å². The number of hydrogen-bond donors (Lipinski definition) is 0. The van der Waals surface area contributed by atoms with Gasteiger partial charge in [-0.3, -0.25) is 0 Å². The number of rotatable bonds is 3. The van der Waals surface area contributed by atoms with Gasteiger partial charge in [-0.15, -0.1) is 0 Å². The van der Waals surface area contributed by atoms with Crippen LogP contribution in [-0.4, -0.2) is 7.11 Å². The fourth-order valence-corrected chi connectivity index (χ4v) is 3.71. The standard InChI is InChI=1S/C15H12Br2ClFO/c1-8-4-3-5-10(14(8)19)13(17)11-6-9(18)7-12(16)15(11)20-2/h3-7,13H,1-2H3. The van der Waals surface area contributed by atoms with Gasteiger partial charge in [0.05, 0.1) is 16.4 Å². The van der Waals surface area contributed by atoms with Crippen LogP contribution in [0.1, 0.15) is 21.5 Å². The summed E-state index contributed by atoms with van der Waals surface area (Å²) in [5, 5.41) is 0.560. The van der Waals surface area contributed by atoms with Crippen LogP contribution in [0.4, 0.5) is 4.39 Å². The van der Waals surface area contributed by atoms with Crippen LogP contribution in [0, 0.1) is 12.7 Å². The first kappa shape index (κ1) is 15.8. The summed E-state index contributed by atoms with van der Waals surface area (Å²) in [6.07, 6.45) is 0. The SMILES string of the molecule is COc1c(Br)cc(Cl)cc1C(Br)c1cccc(C)c1F. The molecule has 1 nitrogen and oxygen atoms in total.